The molecule has 0 spiro atoms. The lowest BCUT2D eigenvalue weighted by atomic mass is 10.0. The first-order valence-corrected chi connectivity index (χ1v) is 9.42. The highest BCUT2D eigenvalue weighted by Gasteiger charge is 2.32. The standard InChI is InChI=1S/C20H19N5O3/c26-19(13-2-1-3-15-17(13)22-8-7-21-15)24-9-6-16-14(11-24)18(20(27)28)23-25(16)10-12-4-5-12/h1-3,7-8,12H,4-6,9-11H2,(H,27,28). The topological polar surface area (TPSA) is 101 Å². The van der Waals surface area contributed by atoms with Gasteiger partial charge < -0.3 is 10.0 Å². The molecule has 2 aliphatic rings. The van der Waals surface area contributed by atoms with Gasteiger partial charge in [-0.05, 0) is 30.9 Å². The van der Waals surface area contributed by atoms with Gasteiger partial charge in [-0.3, -0.25) is 19.4 Å². The molecule has 1 fully saturated rings. The molecule has 0 saturated heterocycles. The largest absolute Gasteiger partial charge is 0.476 e. The number of hydrogen-bond donors (Lipinski definition) is 1. The minimum atomic E-state index is -1.05. The maximum Gasteiger partial charge on any atom is 0.356 e. The number of carbonyl (C=O) groups is 2. The lowest BCUT2D eigenvalue weighted by Gasteiger charge is -2.28. The van der Waals surface area contributed by atoms with Crippen molar-refractivity contribution in [3.05, 3.63) is 53.1 Å². The Hall–Kier alpha value is -3.29. The van der Waals surface area contributed by atoms with Gasteiger partial charge in [-0.2, -0.15) is 5.10 Å². The van der Waals surface area contributed by atoms with Gasteiger partial charge in [-0.1, -0.05) is 6.07 Å². The van der Waals surface area contributed by atoms with Gasteiger partial charge in [0.1, 0.15) is 5.52 Å². The van der Waals surface area contributed by atoms with Crippen LogP contribution in [0.2, 0.25) is 0 Å². The Kier molecular flexibility index (Phi) is 3.85. The molecule has 8 nitrogen and oxygen atoms in total. The number of carbonyl (C=O) groups excluding carboxylic acids is 1. The minimum Gasteiger partial charge on any atom is -0.476 e. The van der Waals surface area contributed by atoms with Crippen molar-refractivity contribution in [2.75, 3.05) is 6.54 Å². The van der Waals surface area contributed by atoms with Crippen molar-refractivity contribution in [2.45, 2.75) is 32.4 Å². The zero-order chi connectivity index (χ0) is 19.3. The molecule has 0 atom stereocenters. The van der Waals surface area contributed by atoms with Gasteiger partial charge in [0, 0.05) is 43.2 Å². The smallest absolute Gasteiger partial charge is 0.356 e. The lowest BCUT2D eigenvalue weighted by Crippen LogP contribution is -2.37. The number of carboxylic acids is 1. The molecule has 8 heteroatoms. The van der Waals surface area contributed by atoms with Gasteiger partial charge in [-0.25, -0.2) is 4.79 Å². The molecule has 3 aromatic rings. The predicted octanol–water partition coefficient (Wildman–Crippen LogP) is 2.13. The second kappa shape index (κ2) is 6.40. The highest BCUT2D eigenvalue weighted by atomic mass is 16.4. The van der Waals surface area contributed by atoms with Gasteiger partial charge in [0.15, 0.2) is 5.69 Å². The quantitative estimate of drug-likeness (QED) is 0.747. The Morgan fingerprint density at radius 2 is 2.00 bits per heavy atom. The van der Waals surface area contributed by atoms with E-state index in [0.29, 0.717) is 41.0 Å². The van der Waals surface area contributed by atoms with Crippen molar-refractivity contribution < 1.29 is 14.7 Å². The number of para-hydroxylation sites is 1. The van der Waals surface area contributed by atoms with Crippen molar-refractivity contribution in [2.24, 2.45) is 5.92 Å². The van der Waals surface area contributed by atoms with E-state index in [4.69, 9.17) is 0 Å². The number of amides is 1. The molecule has 28 heavy (non-hydrogen) atoms. The van der Waals surface area contributed by atoms with Gasteiger partial charge in [0.2, 0.25) is 0 Å². The van der Waals surface area contributed by atoms with E-state index in [9.17, 15) is 14.7 Å². The van der Waals surface area contributed by atoms with E-state index >= 15 is 0 Å². The van der Waals surface area contributed by atoms with E-state index in [1.807, 2.05) is 10.7 Å². The summed E-state index contributed by atoms with van der Waals surface area (Å²) >= 11 is 0. The first-order chi connectivity index (χ1) is 13.6. The second-order valence-corrected chi connectivity index (χ2v) is 7.41. The fourth-order valence-electron chi connectivity index (χ4n) is 3.87. The summed E-state index contributed by atoms with van der Waals surface area (Å²) in [6, 6.07) is 5.34. The summed E-state index contributed by atoms with van der Waals surface area (Å²) < 4.78 is 1.85. The fourth-order valence-corrected chi connectivity index (χ4v) is 3.87. The van der Waals surface area contributed by atoms with Crippen LogP contribution in [0.5, 0.6) is 0 Å². The van der Waals surface area contributed by atoms with Gasteiger partial charge in [0.05, 0.1) is 17.6 Å². The second-order valence-electron chi connectivity index (χ2n) is 7.41. The zero-order valence-corrected chi connectivity index (χ0v) is 15.2. The summed E-state index contributed by atoms with van der Waals surface area (Å²) in [7, 11) is 0. The number of rotatable bonds is 4. The van der Waals surface area contributed by atoms with E-state index in [1.54, 1.807) is 29.4 Å². The Bertz CT molecular complexity index is 1100. The summed E-state index contributed by atoms with van der Waals surface area (Å²) in [5.41, 5.74) is 3.37. The highest BCUT2D eigenvalue weighted by Crippen LogP contribution is 2.33. The number of benzene rings is 1. The molecule has 0 bridgehead atoms. The maximum absolute atomic E-state index is 13.2. The molecule has 1 aromatic carbocycles. The maximum atomic E-state index is 13.2. The Labute approximate surface area is 160 Å². The van der Waals surface area contributed by atoms with Gasteiger partial charge in [0.25, 0.3) is 5.91 Å². The molecule has 5 rings (SSSR count). The molecule has 1 aliphatic heterocycles. The van der Waals surface area contributed by atoms with Crippen LogP contribution in [0.4, 0.5) is 0 Å². The summed E-state index contributed by atoms with van der Waals surface area (Å²) in [5.74, 6) is -0.612. The lowest BCUT2D eigenvalue weighted by molar-refractivity contribution is 0.0674. The molecular weight excluding hydrogens is 358 g/mol. The van der Waals surface area contributed by atoms with Crippen LogP contribution in [-0.2, 0) is 19.5 Å². The van der Waals surface area contributed by atoms with Crippen molar-refractivity contribution in [3.8, 4) is 0 Å². The molecule has 1 saturated carbocycles. The number of hydrogen-bond acceptors (Lipinski definition) is 5. The Balaban J connectivity index is 1.49. The monoisotopic (exact) mass is 377 g/mol. The molecule has 0 radical (unpaired) electrons. The van der Waals surface area contributed by atoms with E-state index in [2.05, 4.69) is 15.1 Å². The molecule has 0 unspecified atom stereocenters. The van der Waals surface area contributed by atoms with Crippen molar-refractivity contribution in [1.82, 2.24) is 24.6 Å². The molecule has 2 aromatic heterocycles. The molecule has 3 heterocycles. The summed E-state index contributed by atoms with van der Waals surface area (Å²) in [4.78, 5) is 35.1. The molecule has 1 N–H and O–H groups in total. The van der Waals surface area contributed by atoms with Crippen LogP contribution >= 0.6 is 0 Å². The third-order valence-electron chi connectivity index (χ3n) is 5.48. The van der Waals surface area contributed by atoms with Crippen molar-refractivity contribution in [1.29, 1.82) is 0 Å². The number of carboxylic acid groups (broad SMARTS) is 1. The zero-order valence-electron chi connectivity index (χ0n) is 15.2. The number of aromatic nitrogens is 4. The molecule has 1 amide bonds. The van der Waals surface area contributed by atoms with Crippen LogP contribution < -0.4 is 0 Å². The van der Waals surface area contributed by atoms with Gasteiger partial charge >= 0.3 is 5.97 Å². The Morgan fingerprint density at radius 1 is 1.18 bits per heavy atom. The fraction of sp³-hybridized carbons (Fsp3) is 0.350. The molecule has 1 aliphatic carbocycles. The highest BCUT2D eigenvalue weighted by molar-refractivity contribution is 6.04. The first kappa shape index (κ1) is 16.9. The van der Waals surface area contributed by atoms with Crippen LogP contribution in [0.1, 0.15) is 44.9 Å². The number of nitrogens with zero attached hydrogens (tertiary/aromatic N) is 5. The van der Waals surface area contributed by atoms with Crippen LogP contribution in [-0.4, -0.2) is 48.2 Å². The third-order valence-corrected chi connectivity index (χ3v) is 5.48. The van der Waals surface area contributed by atoms with E-state index in [0.717, 1.165) is 12.2 Å². The van der Waals surface area contributed by atoms with Crippen molar-refractivity contribution >= 4 is 22.9 Å². The minimum absolute atomic E-state index is 0.0610. The molecule has 142 valence electrons. The van der Waals surface area contributed by atoms with Crippen LogP contribution in [0.15, 0.2) is 30.6 Å². The average Bonchev–Trinajstić information content (AvgIpc) is 3.46. The number of fused-ring (bicyclic) bond motifs is 2. The summed E-state index contributed by atoms with van der Waals surface area (Å²) in [5, 5.41) is 13.9. The molecular formula is C20H19N5O3. The van der Waals surface area contributed by atoms with E-state index < -0.39 is 5.97 Å². The normalized spacial score (nSPS) is 16.2. The predicted molar refractivity (Wildman–Crippen MR) is 99.9 cm³/mol. The summed E-state index contributed by atoms with van der Waals surface area (Å²) in [6.07, 6.45) is 6.10. The van der Waals surface area contributed by atoms with E-state index in [1.165, 1.54) is 12.8 Å². The SMILES string of the molecule is O=C(O)c1nn(CC2CC2)c2c1CN(C(=O)c1cccc3nccnc13)CC2. The number of aromatic carboxylic acids is 1. The van der Waals surface area contributed by atoms with Gasteiger partial charge in [-0.15, -0.1) is 0 Å². The van der Waals surface area contributed by atoms with Crippen LogP contribution in [0, 0.1) is 5.92 Å². The van der Waals surface area contributed by atoms with Crippen LogP contribution in [0.25, 0.3) is 11.0 Å². The Morgan fingerprint density at radius 3 is 2.79 bits per heavy atom. The van der Waals surface area contributed by atoms with Crippen molar-refractivity contribution in [3.63, 3.8) is 0 Å². The average molecular weight is 377 g/mol. The summed E-state index contributed by atoms with van der Waals surface area (Å²) in [6.45, 7) is 1.54. The third kappa shape index (κ3) is 2.81. The van der Waals surface area contributed by atoms with E-state index in [-0.39, 0.29) is 18.1 Å². The van der Waals surface area contributed by atoms with Crippen LogP contribution in [0.3, 0.4) is 0 Å². The first-order valence-electron chi connectivity index (χ1n) is 9.42.